The molecule has 2 heterocycles. The second-order valence-electron chi connectivity index (χ2n) is 5.06. The Bertz CT molecular complexity index is 639. The first-order valence-electron chi connectivity index (χ1n) is 6.48. The van der Waals surface area contributed by atoms with Crippen molar-refractivity contribution in [1.82, 2.24) is 5.06 Å². The molecule has 1 aromatic carbocycles. The third kappa shape index (κ3) is 1.71. The van der Waals surface area contributed by atoms with E-state index in [1.54, 1.807) is 6.92 Å². The zero-order valence-electron chi connectivity index (χ0n) is 11.4. The maximum absolute atomic E-state index is 12.8. The molecular formula is C15H16N2O2S. The van der Waals surface area contributed by atoms with E-state index in [4.69, 9.17) is 0 Å². The number of hydrogen-bond acceptors (Lipinski definition) is 4. The minimum Gasteiger partial charge on any atom is -0.622 e. The minimum atomic E-state index is -1.07. The topological polar surface area (TPSA) is 49.5 Å². The molecule has 1 aromatic heterocycles. The number of hydrogen-bond donors (Lipinski definition) is 1. The lowest BCUT2D eigenvalue weighted by Crippen LogP contribution is -2.45. The number of hydroxylamine groups is 3. The summed E-state index contributed by atoms with van der Waals surface area (Å²) in [6.07, 6.45) is 0. The predicted molar refractivity (Wildman–Crippen MR) is 78.9 cm³/mol. The van der Waals surface area contributed by atoms with Gasteiger partial charge >= 0.3 is 0 Å². The summed E-state index contributed by atoms with van der Waals surface area (Å²) in [7, 11) is 0. The van der Waals surface area contributed by atoms with Gasteiger partial charge in [0.25, 0.3) is 5.66 Å². The van der Waals surface area contributed by atoms with Crippen LogP contribution in [0.4, 0.5) is 0 Å². The number of benzene rings is 1. The average Bonchev–Trinajstić information content (AvgIpc) is 3.05. The molecule has 3 rings (SSSR count). The minimum absolute atomic E-state index is 0.359. The molecule has 0 aliphatic carbocycles. The van der Waals surface area contributed by atoms with Crippen molar-refractivity contribution < 1.29 is 9.95 Å². The van der Waals surface area contributed by atoms with Crippen LogP contribution >= 0.6 is 11.3 Å². The summed E-state index contributed by atoms with van der Waals surface area (Å²) in [4.78, 5) is 0.827. The van der Waals surface area contributed by atoms with Crippen LogP contribution in [0.25, 0.3) is 0 Å². The van der Waals surface area contributed by atoms with Crippen molar-refractivity contribution in [2.24, 2.45) is 0 Å². The molecule has 0 spiro atoms. The summed E-state index contributed by atoms with van der Waals surface area (Å²) in [6, 6.07) is 12.9. The third-order valence-corrected chi connectivity index (χ3v) is 4.95. The fourth-order valence-electron chi connectivity index (χ4n) is 2.72. The average molecular weight is 288 g/mol. The highest BCUT2D eigenvalue weighted by Gasteiger charge is 2.54. The van der Waals surface area contributed by atoms with E-state index in [1.165, 1.54) is 11.3 Å². The first kappa shape index (κ1) is 13.3. The highest BCUT2D eigenvalue weighted by atomic mass is 32.1. The summed E-state index contributed by atoms with van der Waals surface area (Å²) in [6.45, 7) is 3.59. The molecule has 5 heteroatoms. The zero-order chi connectivity index (χ0) is 14.3. The van der Waals surface area contributed by atoms with Gasteiger partial charge in [-0.3, -0.25) is 0 Å². The van der Waals surface area contributed by atoms with Crippen LogP contribution in [0.5, 0.6) is 0 Å². The zero-order valence-corrected chi connectivity index (χ0v) is 12.2. The van der Waals surface area contributed by atoms with Gasteiger partial charge < -0.3 is 10.4 Å². The summed E-state index contributed by atoms with van der Waals surface area (Å²) in [5, 5.41) is 26.4. The highest BCUT2D eigenvalue weighted by molar-refractivity contribution is 7.10. The Balaban J connectivity index is 2.17. The molecule has 104 valence electrons. The van der Waals surface area contributed by atoms with Gasteiger partial charge in [0, 0.05) is 12.5 Å². The van der Waals surface area contributed by atoms with Gasteiger partial charge in [-0.05, 0) is 30.5 Å². The van der Waals surface area contributed by atoms with Gasteiger partial charge in [-0.2, -0.15) is 4.74 Å². The van der Waals surface area contributed by atoms with Gasteiger partial charge in [0.15, 0.2) is 0 Å². The van der Waals surface area contributed by atoms with Gasteiger partial charge in [0.05, 0.1) is 4.88 Å². The molecule has 2 aromatic rings. The van der Waals surface area contributed by atoms with Crippen molar-refractivity contribution >= 4 is 17.0 Å². The summed E-state index contributed by atoms with van der Waals surface area (Å²) in [5.41, 5.74) is 0.358. The molecule has 0 saturated heterocycles. The van der Waals surface area contributed by atoms with Crippen molar-refractivity contribution in [2.75, 3.05) is 0 Å². The largest absolute Gasteiger partial charge is 0.622 e. The van der Waals surface area contributed by atoms with Crippen LogP contribution in [0, 0.1) is 5.21 Å². The van der Waals surface area contributed by atoms with Crippen LogP contribution < -0.4 is 0 Å². The summed E-state index contributed by atoms with van der Waals surface area (Å²) in [5.74, 6) is 0. The van der Waals surface area contributed by atoms with Gasteiger partial charge in [0.2, 0.25) is 5.71 Å². The van der Waals surface area contributed by atoms with Gasteiger partial charge in [-0.25, -0.2) is 0 Å². The van der Waals surface area contributed by atoms with E-state index in [0.717, 1.165) is 20.2 Å². The predicted octanol–water partition coefficient (Wildman–Crippen LogP) is 3.01. The first-order chi connectivity index (χ1) is 9.56. The molecule has 0 saturated carbocycles. The summed E-state index contributed by atoms with van der Waals surface area (Å²) >= 11 is 1.47. The molecular weight excluding hydrogens is 272 g/mol. The van der Waals surface area contributed by atoms with Gasteiger partial charge in [-0.15, -0.1) is 16.4 Å². The SMILES string of the molecule is C[C@H]1C(c2ccccc2)=[N+]([O-])[C@](C)(c2cccs2)N1O. The Hall–Kier alpha value is -1.69. The monoisotopic (exact) mass is 288 g/mol. The fourth-order valence-corrected chi connectivity index (χ4v) is 3.58. The summed E-state index contributed by atoms with van der Waals surface area (Å²) < 4.78 is 0.929. The smallest absolute Gasteiger partial charge is 0.283 e. The Kier molecular flexibility index (Phi) is 3.12. The standard InChI is InChI=1S/C15H16N2O2S/c1-11-14(12-7-4-3-5-8-12)17(19)15(2,16(11)18)13-9-6-10-20-13/h3-11,18H,1-2H3/t11-,15+/m0/s1. The van der Waals surface area contributed by atoms with Crippen LogP contribution in [0.3, 0.4) is 0 Å². The van der Waals surface area contributed by atoms with Crippen LogP contribution in [-0.2, 0) is 5.66 Å². The Morgan fingerprint density at radius 3 is 2.55 bits per heavy atom. The first-order valence-corrected chi connectivity index (χ1v) is 7.36. The molecule has 4 nitrogen and oxygen atoms in total. The van der Waals surface area contributed by atoms with Gasteiger partial charge in [0.1, 0.15) is 6.04 Å². The lowest BCUT2D eigenvalue weighted by atomic mass is 10.1. The molecule has 0 unspecified atom stereocenters. The molecule has 0 bridgehead atoms. The molecule has 0 amide bonds. The van der Waals surface area contributed by atoms with E-state index in [2.05, 4.69) is 0 Å². The molecule has 2 atom stereocenters. The van der Waals surface area contributed by atoms with Crippen molar-refractivity contribution in [3.63, 3.8) is 0 Å². The maximum atomic E-state index is 12.8. The second-order valence-corrected chi connectivity index (χ2v) is 6.01. The Morgan fingerprint density at radius 1 is 1.25 bits per heavy atom. The molecule has 1 N–H and O–H groups in total. The number of rotatable bonds is 2. The van der Waals surface area contributed by atoms with Crippen LogP contribution in [-0.4, -0.2) is 26.8 Å². The van der Waals surface area contributed by atoms with E-state index >= 15 is 0 Å². The van der Waals surface area contributed by atoms with Crippen molar-refractivity contribution in [1.29, 1.82) is 0 Å². The van der Waals surface area contributed by atoms with E-state index in [1.807, 2.05) is 54.8 Å². The van der Waals surface area contributed by atoms with Crippen LogP contribution in [0.15, 0.2) is 47.8 Å². The quantitative estimate of drug-likeness (QED) is 0.682. The third-order valence-electron chi connectivity index (χ3n) is 3.88. The lowest BCUT2D eigenvalue weighted by Gasteiger charge is -2.28. The number of thiophene rings is 1. The maximum Gasteiger partial charge on any atom is 0.283 e. The van der Waals surface area contributed by atoms with E-state index in [9.17, 15) is 10.4 Å². The molecule has 20 heavy (non-hydrogen) atoms. The van der Waals surface area contributed by atoms with E-state index < -0.39 is 5.66 Å². The second kappa shape index (κ2) is 4.70. The molecule has 0 radical (unpaired) electrons. The van der Waals surface area contributed by atoms with Crippen LogP contribution in [0.1, 0.15) is 24.3 Å². The fraction of sp³-hybridized carbons (Fsp3) is 0.267. The molecule has 0 fully saturated rings. The van der Waals surface area contributed by atoms with Crippen molar-refractivity contribution in [3.8, 4) is 0 Å². The lowest BCUT2D eigenvalue weighted by molar-refractivity contribution is -0.594. The van der Waals surface area contributed by atoms with Crippen LogP contribution in [0.2, 0.25) is 0 Å². The normalized spacial score (nSPS) is 27.2. The van der Waals surface area contributed by atoms with E-state index in [-0.39, 0.29) is 6.04 Å². The Morgan fingerprint density at radius 2 is 1.95 bits per heavy atom. The molecule has 1 aliphatic heterocycles. The van der Waals surface area contributed by atoms with Gasteiger partial charge in [-0.1, -0.05) is 24.3 Å². The van der Waals surface area contributed by atoms with Crippen molar-refractivity contribution in [2.45, 2.75) is 25.6 Å². The molecule has 1 aliphatic rings. The van der Waals surface area contributed by atoms with Crippen molar-refractivity contribution in [3.05, 3.63) is 63.5 Å². The number of nitrogens with zero attached hydrogens (tertiary/aromatic N) is 2. The highest BCUT2D eigenvalue weighted by Crippen LogP contribution is 2.38. The Labute approximate surface area is 121 Å². The van der Waals surface area contributed by atoms with E-state index in [0.29, 0.717) is 5.71 Å².